The molecule has 0 unspecified atom stereocenters. The van der Waals surface area contributed by atoms with Crippen LogP contribution in [0.25, 0.3) is 22.4 Å². The number of hydrogen-bond acceptors (Lipinski definition) is 5. The Hall–Kier alpha value is -2.93. The van der Waals surface area contributed by atoms with E-state index < -0.39 is 0 Å². The Labute approximate surface area is 160 Å². The number of benzene rings is 1. The molecule has 0 bridgehead atoms. The lowest BCUT2D eigenvalue weighted by molar-refractivity contribution is -0.116. The Morgan fingerprint density at radius 2 is 2.11 bits per heavy atom. The third-order valence-electron chi connectivity index (χ3n) is 4.69. The summed E-state index contributed by atoms with van der Waals surface area (Å²) in [5, 5.41) is 10.8. The summed E-state index contributed by atoms with van der Waals surface area (Å²) < 4.78 is 7.68. The Bertz CT molecular complexity index is 1090. The zero-order valence-corrected chi connectivity index (χ0v) is 16.3. The van der Waals surface area contributed by atoms with Crippen LogP contribution in [0.2, 0.25) is 0 Å². The van der Waals surface area contributed by atoms with E-state index >= 15 is 0 Å². The number of nitrogens with one attached hydrogen (secondary N) is 1. The van der Waals surface area contributed by atoms with Gasteiger partial charge in [0.2, 0.25) is 5.91 Å². The molecule has 1 N–H and O–H groups in total. The number of amides is 1. The first-order valence-corrected chi connectivity index (χ1v) is 9.62. The average molecular weight is 380 g/mol. The molecule has 0 spiro atoms. The van der Waals surface area contributed by atoms with E-state index in [4.69, 9.17) is 4.42 Å². The van der Waals surface area contributed by atoms with Crippen LogP contribution >= 0.6 is 11.3 Å². The van der Waals surface area contributed by atoms with Crippen molar-refractivity contribution in [3.8, 4) is 11.5 Å². The normalized spacial score (nSPS) is 11.2. The highest BCUT2D eigenvalue weighted by molar-refractivity contribution is 7.14. The number of carbonyl (C=O) groups is 1. The van der Waals surface area contributed by atoms with Crippen molar-refractivity contribution in [2.24, 2.45) is 7.05 Å². The van der Waals surface area contributed by atoms with Gasteiger partial charge >= 0.3 is 0 Å². The summed E-state index contributed by atoms with van der Waals surface area (Å²) >= 11 is 1.40. The molecule has 138 valence electrons. The molecule has 0 aliphatic rings. The minimum atomic E-state index is -0.0526. The minimum absolute atomic E-state index is 0.0526. The minimum Gasteiger partial charge on any atom is -0.454 e. The second kappa shape index (κ2) is 7.00. The monoisotopic (exact) mass is 380 g/mol. The van der Waals surface area contributed by atoms with Crippen LogP contribution in [-0.2, 0) is 18.3 Å². The maximum Gasteiger partial charge on any atom is 0.226 e. The van der Waals surface area contributed by atoms with Gasteiger partial charge in [-0.25, -0.2) is 4.98 Å². The van der Waals surface area contributed by atoms with Crippen molar-refractivity contribution >= 4 is 33.3 Å². The van der Waals surface area contributed by atoms with Gasteiger partial charge in [0.25, 0.3) is 0 Å². The van der Waals surface area contributed by atoms with Crippen molar-refractivity contribution in [2.45, 2.75) is 26.7 Å². The number of aromatic nitrogens is 3. The van der Waals surface area contributed by atoms with Crippen LogP contribution in [0.5, 0.6) is 0 Å². The van der Waals surface area contributed by atoms with E-state index in [0.29, 0.717) is 23.7 Å². The summed E-state index contributed by atoms with van der Waals surface area (Å²) in [5.74, 6) is 0.651. The zero-order chi connectivity index (χ0) is 19.0. The quantitative estimate of drug-likeness (QED) is 0.554. The molecule has 6 nitrogen and oxygen atoms in total. The second-order valence-corrected chi connectivity index (χ2v) is 7.37. The molecule has 3 aromatic heterocycles. The Balaban J connectivity index is 1.42. The zero-order valence-electron chi connectivity index (χ0n) is 15.4. The third-order valence-corrected chi connectivity index (χ3v) is 5.45. The van der Waals surface area contributed by atoms with Gasteiger partial charge in [0.05, 0.1) is 5.69 Å². The van der Waals surface area contributed by atoms with Gasteiger partial charge in [0.15, 0.2) is 10.9 Å². The number of fused-ring (bicyclic) bond motifs is 1. The molecule has 1 aromatic carbocycles. The van der Waals surface area contributed by atoms with Crippen molar-refractivity contribution in [3.63, 3.8) is 0 Å². The summed E-state index contributed by atoms with van der Waals surface area (Å²) in [7, 11) is 1.92. The third kappa shape index (κ3) is 3.50. The SMILES string of the molecule is Cc1nn(C)c(C)c1CCC(=O)Nc1nc(-c2cc3ccccc3o2)cs1. The Morgan fingerprint density at radius 3 is 2.85 bits per heavy atom. The molecular formula is C20H20N4O2S. The van der Waals surface area contributed by atoms with Crippen molar-refractivity contribution in [3.05, 3.63) is 52.7 Å². The molecule has 3 heterocycles. The fourth-order valence-electron chi connectivity index (χ4n) is 3.15. The number of nitrogens with zero attached hydrogens (tertiary/aromatic N) is 3. The van der Waals surface area contributed by atoms with E-state index in [-0.39, 0.29) is 5.91 Å². The first-order chi connectivity index (χ1) is 13.0. The predicted octanol–water partition coefficient (Wildman–Crippen LogP) is 4.48. The van der Waals surface area contributed by atoms with Gasteiger partial charge in [-0.15, -0.1) is 11.3 Å². The molecule has 0 radical (unpaired) electrons. The Kier molecular flexibility index (Phi) is 4.53. The number of aryl methyl sites for hydroxylation is 2. The summed E-state index contributed by atoms with van der Waals surface area (Å²) in [5.41, 5.74) is 4.76. The molecule has 0 aliphatic heterocycles. The molecule has 0 fully saturated rings. The number of para-hydroxylation sites is 1. The maximum atomic E-state index is 12.3. The van der Waals surface area contributed by atoms with Crippen LogP contribution in [-0.4, -0.2) is 20.7 Å². The summed E-state index contributed by atoms with van der Waals surface area (Å²) in [6, 6.07) is 9.80. The van der Waals surface area contributed by atoms with Gasteiger partial charge in [-0.3, -0.25) is 9.48 Å². The number of anilines is 1. The maximum absolute atomic E-state index is 12.3. The predicted molar refractivity (Wildman–Crippen MR) is 107 cm³/mol. The standard InChI is InChI=1S/C20H20N4O2S/c1-12-15(13(2)24(3)23-12)8-9-19(25)22-20-21-16(11-27-20)18-10-14-6-4-5-7-17(14)26-18/h4-7,10-11H,8-9H2,1-3H3,(H,21,22,25). The summed E-state index contributed by atoms with van der Waals surface area (Å²) in [6.45, 7) is 3.99. The van der Waals surface area contributed by atoms with Crippen LogP contribution in [0, 0.1) is 13.8 Å². The van der Waals surface area contributed by atoms with E-state index in [2.05, 4.69) is 15.4 Å². The van der Waals surface area contributed by atoms with Crippen LogP contribution in [0.3, 0.4) is 0 Å². The lowest BCUT2D eigenvalue weighted by Crippen LogP contribution is -2.12. The van der Waals surface area contributed by atoms with Crippen LogP contribution in [0.1, 0.15) is 23.4 Å². The van der Waals surface area contributed by atoms with E-state index in [1.807, 2.05) is 61.3 Å². The van der Waals surface area contributed by atoms with Gasteiger partial charge in [0, 0.05) is 29.9 Å². The molecule has 0 saturated heterocycles. The van der Waals surface area contributed by atoms with Gasteiger partial charge in [-0.05, 0) is 38.0 Å². The van der Waals surface area contributed by atoms with Gasteiger partial charge in [-0.1, -0.05) is 18.2 Å². The summed E-state index contributed by atoms with van der Waals surface area (Å²) in [4.78, 5) is 16.8. The van der Waals surface area contributed by atoms with Crippen molar-refractivity contribution in [1.29, 1.82) is 0 Å². The molecule has 4 aromatic rings. The Morgan fingerprint density at radius 1 is 1.30 bits per heavy atom. The van der Waals surface area contributed by atoms with E-state index in [1.165, 1.54) is 11.3 Å². The highest BCUT2D eigenvalue weighted by Crippen LogP contribution is 2.30. The molecule has 27 heavy (non-hydrogen) atoms. The lowest BCUT2D eigenvalue weighted by Gasteiger charge is -2.03. The fraction of sp³-hybridized carbons (Fsp3) is 0.250. The number of carbonyl (C=O) groups excluding carboxylic acids is 1. The van der Waals surface area contributed by atoms with Crippen molar-refractivity contribution in [1.82, 2.24) is 14.8 Å². The average Bonchev–Trinajstić information content (AvgIpc) is 3.32. The number of thiazole rings is 1. The molecular weight excluding hydrogens is 360 g/mol. The van der Waals surface area contributed by atoms with Crippen molar-refractivity contribution < 1.29 is 9.21 Å². The molecule has 4 rings (SSSR count). The smallest absolute Gasteiger partial charge is 0.226 e. The molecule has 0 atom stereocenters. The highest BCUT2D eigenvalue weighted by Gasteiger charge is 2.14. The second-order valence-electron chi connectivity index (χ2n) is 6.51. The lowest BCUT2D eigenvalue weighted by atomic mass is 10.1. The largest absolute Gasteiger partial charge is 0.454 e. The van der Waals surface area contributed by atoms with Crippen LogP contribution in [0.15, 0.2) is 40.1 Å². The number of furan rings is 1. The van der Waals surface area contributed by atoms with Crippen LogP contribution in [0.4, 0.5) is 5.13 Å². The molecule has 7 heteroatoms. The van der Waals surface area contributed by atoms with E-state index in [1.54, 1.807) is 0 Å². The first-order valence-electron chi connectivity index (χ1n) is 8.74. The molecule has 0 saturated carbocycles. The van der Waals surface area contributed by atoms with E-state index in [9.17, 15) is 4.79 Å². The van der Waals surface area contributed by atoms with E-state index in [0.717, 1.165) is 33.6 Å². The molecule has 1 amide bonds. The first kappa shape index (κ1) is 17.5. The van der Waals surface area contributed by atoms with Gasteiger partial charge in [0.1, 0.15) is 11.3 Å². The van der Waals surface area contributed by atoms with Crippen LogP contribution < -0.4 is 5.32 Å². The number of hydrogen-bond donors (Lipinski definition) is 1. The van der Waals surface area contributed by atoms with Gasteiger partial charge in [-0.2, -0.15) is 5.10 Å². The van der Waals surface area contributed by atoms with Crippen molar-refractivity contribution in [2.75, 3.05) is 5.32 Å². The molecule has 0 aliphatic carbocycles. The topological polar surface area (TPSA) is 73.0 Å². The number of rotatable bonds is 5. The summed E-state index contributed by atoms with van der Waals surface area (Å²) in [6.07, 6.45) is 1.06. The fourth-order valence-corrected chi connectivity index (χ4v) is 3.87. The van der Waals surface area contributed by atoms with Gasteiger partial charge < -0.3 is 9.73 Å². The highest BCUT2D eigenvalue weighted by atomic mass is 32.1.